The maximum absolute atomic E-state index is 13.5. The molecule has 6 heteroatoms. The van der Waals surface area contributed by atoms with Crippen molar-refractivity contribution in [1.82, 2.24) is 4.98 Å². The largest absolute Gasteiger partial charge is 0.370 e. The average Bonchev–Trinajstić information content (AvgIpc) is 2.46. The fourth-order valence-electron chi connectivity index (χ4n) is 1.62. The summed E-state index contributed by atoms with van der Waals surface area (Å²) >= 11 is 0. The van der Waals surface area contributed by atoms with E-state index in [-0.39, 0.29) is 5.69 Å². The highest BCUT2D eigenvalue weighted by atomic mass is 19.2. The number of anilines is 3. The molecule has 0 fully saturated rings. The van der Waals surface area contributed by atoms with E-state index in [0.717, 1.165) is 25.1 Å². The first-order chi connectivity index (χ1) is 9.61. The minimum absolute atomic E-state index is 0.163. The molecule has 0 spiro atoms. The van der Waals surface area contributed by atoms with Crippen molar-refractivity contribution < 1.29 is 13.2 Å². The molecule has 0 aliphatic rings. The summed E-state index contributed by atoms with van der Waals surface area (Å²) in [6.07, 6.45) is 0.942. The molecule has 2 N–H and O–H groups in total. The van der Waals surface area contributed by atoms with Gasteiger partial charge in [0.25, 0.3) is 0 Å². The van der Waals surface area contributed by atoms with Gasteiger partial charge in [0.1, 0.15) is 11.6 Å². The summed E-state index contributed by atoms with van der Waals surface area (Å²) in [5.41, 5.74) is -0.163. The average molecular weight is 281 g/mol. The fourth-order valence-corrected chi connectivity index (χ4v) is 1.62. The van der Waals surface area contributed by atoms with Gasteiger partial charge < -0.3 is 10.6 Å². The van der Waals surface area contributed by atoms with E-state index in [2.05, 4.69) is 15.6 Å². The van der Waals surface area contributed by atoms with Gasteiger partial charge in [-0.15, -0.1) is 0 Å². The fraction of sp³-hybridized carbons (Fsp3) is 0.214. The number of hydrogen-bond acceptors (Lipinski definition) is 3. The molecule has 0 unspecified atom stereocenters. The van der Waals surface area contributed by atoms with Crippen LogP contribution in [-0.2, 0) is 0 Å². The molecule has 0 amide bonds. The molecule has 1 heterocycles. The Morgan fingerprint density at radius 3 is 2.50 bits per heavy atom. The lowest BCUT2D eigenvalue weighted by molar-refractivity contribution is 0.449. The highest BCUT2D eigenvalue weighted by molar-refractivity contribution is 5.58. The minimum atomic E-state index is -1.50. The number of benzene rings is 1. The first-order valence-electron chi connectivity index (χ1n) is 6.23. The first-order valence-corrected chi connectivity index (χ1v) is 6.23. The molecule has 1 aromatic carbocycles. The van der Waals surface area contributed by atoms with Gasteiger partial charge in [-0.25, -0.2) is 18.2 Å². The van der Waals surface area contributed by atoms with Gasteiger partial charge in [-0.05, 0) is 30.7 Å². The standard InChI is InChI=1S/C14H14F3N3/c1-2-8-18-11-4-3-5-12(20-11)19-10-7-6-9(15)13(16)14(10)17/h3-7H,2,8H2,1H3,(H2,18,19,20). The molecule has 2 aromatic rings. The van der Waals surface area contributed by atoms with Crippen LogP contribution in [0.15, 0.2) is 30.3 Å². The van der Waals surface area contributed by atoms with Crippen LogP contribution in [0, 0.1) is 17.5 Å². The van der Waals surface area contributed by atoms with Crippen molar-refractivity contribution >= 4 is 17.3 Å². The Hall–Kier alpha value is -2.24. The minimum Gasteiger partial charge on any atom is -0.370 e. The van der Waals surface area contributed by atoms with Crippen molar-refractivity contribution in [3.63, 3.8) is 0 Å². The van der Waals surface area contributed by atoms with E-state index < -0.39 is 17.5 Å². The topological polar surface area (TPSA) is 37.0 Å². The quantitative estimate of drug-likeness (QED) is 0.811. The van der Waals surface area contributed by atoms with Crippen LogP contribution < -0.4 is 10.6 Å². The maximum Gasteiger partial charge on any atom is 0.196 e. The summed E-state index contributed by atoms with van der Waals surface area (Å²) in [6.45, 7) is 2.78. The van der Waals surface area contributed by atoms with Crippen molar-refractivity contribution in [2.75, 3.05) is 17.2 Å². The van der Waals surface area contributed by atoms with E-state index >= 15 is 0 Å². The summed E-state index contributed by atoms with van der Waals surface area (Å²) in [5.74, 6) is -3.02. The van der Waals surface area contributed by atoms with Gasteiger partial charge in [-0.3, -0.25) is 0 Å². The molecule has 0 saturated heterocycles. The Kier molecular flexibility index (Phi) is 4.45. The van der Waals surface area contributed by atoms with E-state index in [9.17, 15) is 13.2 Å². The van der Waals surface area contributed by atoms with Gasteiger partial charge in [0.2, 0.25) is 0 Å². The number of halogens is 3. The molecule has 0 aliphatic heterocycles. The molecular formula is C14H14F3N3. The van der Waals surface area contributed by atoms with Crippen molar-refractivity contribution in [3.8, 4) is 0 Å². The highest BCUT2D eigenvalue weighted by Gasteiger charge is 2.13. The Morgan fingerprint density at radius 2 is 1.75 bits per heavy atom. The molecule has 2 rings (SSSR count). The number of aromatic nitrogens is 1. The molecule has 1 aromatic heterocycles. The first kappa shape index (κ1) is 14.2. The van der Waals surface area contributed by atoms with Gasteiger partial charge in [0, 0.05) is 6.54 Å². The Morgan fingerprint density at radius 1 is 1.00 bits per heavy atom. The predicted molar refractivity (Wildman–Crippen MR) is 72.6 cm³/mol. The zero-order valence-electron chi connectivity index (χ0n) is 10.9. The lowest BCUT2D eigenvalue weighted by atomic mass is 10.2. The normalized spacial score (nSPS) is 10.4. The maximum atomic E-state index is 13.5. The van der Waals surface area contributed by atoms with Crippen LogP contribution in [0.5, 0.6) is 0 Å². The molecule has 0 atom stereocenters. The molecule has 0 saturated carbocycles. The molecule has 0 aliphatic carbocycles. The third kappa shape index (κ3) is 3.20. The van der Waals surface area contributed by atoms with Crippen molar-refractivity contribution in [2.45, 2.75) is 13.3 Å². The Labute approximate surface area is 114 Å². The molecule has 20 heavy (non-hydrogen) atoms. The van der Waals surface area contributed by atoms with E-state index in [0.29, 0.717) is 11.6 Å². The van der Waals surface area contributed by atoms with Crippen LogP contribution in [-0.4, -0.2) is 11.5 Å². The summed E-state index contributed by atoms with van der Waals surface area (Å²) in [5, 5.41) is 5.70. The van der Waals surface area contributed by atoms with Gasteiger partial charge >= 0.3 is 0 Å². The molecule has 0 bridgehead atoms. The van der Waals surface area contributed by atoms with Crippen LogP contribution >= 0.6 is 0 Å². The number of pyridine rings is 1. The van der Waals surface area contributed by atoms with E-state index in [4.69, 9.17) is 0 Å². The molecule has 106 valence electrons. The molecular weight excluding hydrogens is 267 g/mol. The van der Waals surface area contributed by atoms with Crippen LogP contribution in [0.25, 0.3) is 0 Å². The summed E-state index contributed by atoms with van der Waals surface area (Å²) in [6, 6.07) is 7.09. The number of nitrogens with zero attached hydrogens (tertiary/aromatic N) is 1. The lowest BCUT2D eigenvalue weighted by Crippen LogP contribution is -2.04. The van der Waals surface area contributed by atoms with Gasteiger partial charge in [-0.2, -0.15) is 0 Å². The van der Waals surface area contributed by atoms with Gasteiger partial charge in [0.15, 0.2) is 17.5 Å². The number of rotatable bonds is 5. The lowest BCUT2D eigenvalue weighted by Gasteiger charge is -2.09. The third-order valence-electron chi connectivity index (χ3n) is 2.60. The molecule has 0 radical (unpaired) electrons. The summed E-state index contributed by atoms with van der Waals surface area (Å²) < 4.78 is 39.5. The zero-order chi connectivity index (χ0) is 14.5. The second-order valence-electron chi connectivity index (χ2n) is 4.18. The molecule has 3 nitrogen and oxygen atoms in total. The second-order valence-corrected chi connectivity index (χ2v) is 4.18. The van der Waals surface area contributed by atoms with Crippen LogP contribution in [0.3, 0.4) is 0 Å². The van der Waals surface area contributed by atoms with E-state index in [1.54, 1.807) is 18.2 Å². The Balaban J connectivity index is 2.20. The van der Waals surface area contributed by atoms with Crippen LogP contribution in [0.1, 0.15) is 13.3 Å². The van der Waals surface area contributed by atoms with Crippen molar-refractivity contribution in [3.05, 3.63) is 47.8 Å². The van der Waals surface area contributed by atoms with Crippen molar-refractivity contribution in [1.29, 1.82) is 0 Å². The van der Waals surface area contributed by atoms with Gasteiger partial charge in [0.05, 0.1) is 5.69 Å². The van der Waals surface area contributed by atoms with Crippen LogP contribution in [0.4, 0.5) is 30.5 Å². The number of nitrogens with one attached hydrogen (secondary N) is 2. The van der Waals surface area contributed by atoms with E-state index in [1.807, 2.05) is 6.92 Å². The smallest absolute Gasteiger partial charge is 0.196 e. The summed E-state index contributed by atoms with van der Waals surface area (Å²) in [7, 11) is 0. The highest BCUT2D eigenvalue weighted by Crippen LogP contribution is 2.23. The number of hydrogen-bond donors (Lipinski definition) is 2. The SMILES string of the molecule is CCCNc1cccc(Nc2ccc(F)c(F)c2F)n1. The van der Waals surface area contributed by atoms with Crippen LogP contribution in [0.2, 0.25) is 0 Å². The predicted octanol–water partition coefficient (Wildman–Crippen LogP) is 4.06. The third-order valence-corrected chi connectivity index (χ3v) is 2.60. The van der Waals surface area contributed by atoms with Gasteiger partial charge in [-0.1, -0.05) is 13.0 Å². The van der Waals surface area contributed by atoms with E-state index in [1.165, 1.54) is 0 Å². The summed E-state index contributed by atoms with van der Waals surface area (Å²) in [4.78, 5) is 4.19. The zero-order valence-corrected chi connectivity index (χ0v) is 10.9. The second kappa shape index (κ2) is 6.27. The van der Waals surface area contributed by atoms with Crippen molar-refractivity contribution in [2.24, 2.45) is 0 Å². The Bertz CT molecular complexity index is 602. The monoisotopic (exact) mass is 281 g/mol.